The first kappa shape index (κ1) is 17.4. The molecule has 2 atom stereocenters. The van der Waals surface area contributed by atoms with Crippen LogP contribution in [-0.4, -0.2) is 46.9 Å². The van der Waals surface area contributed by atoms with Gasteiger partial charge in [0.2, 0.25) is 0 Å². The average Bonchev–Trinajstić information content (AvgIpc) is 3.05. The van der Waals surface area contributed by atoms with Crippen LogP contribution in [-0.2, 0) is 11.3 Å². The molecule has 2 aliphatic heterocycles. The topological polar surface area (TPSA) is 55.9 Å². The molecular weight excluding hydrogens is 340 g/mol. The van der Waals surface area contributed by atoms with E-state index in [0.717, 1.165) is 11.1 Å². The van der Waals surface area contributed by atoms with Crippen LogP contribution < -0.4 is 5.32 Å². The molecule has 2 saturated heterocycles. The van der Waals surface area contributed by atoms with Gasteiger partial charge in [0.05, 0.1) is 0 Å². The maximum Gasteiger partial charge on any atom is 0.324 e. The Balaban J connectivity index is 2.14. The summed E-state index contributed by atoms with van der Waals surface area (Å²) in [7, 11) is 3.52. The Morgan fingerprint density at radius 1 is 0.815 bits per heavy atom. The molecule has 2 fully saturated rings. The molecule has 6 nitrogen and oxygen atoms in total. The van der Waals surface area contributed by atoms with Crippen LogP contribution in [0.5, 0.6) is 0 Å². The standard InChI is InChI=1S/C21H24N4O2/c1-15(2)25-18(26)22-20(16-11-7-5-8-12-16)21(25,17-13-9-6-10-14-17)24(4)19(27)23(20)3/h5-15H,1-4H3,(H,22,26)/t20-,21+/m0/s1. The summed E-state index contributed by atoms with van der Waals surface area (Å²) in [5.41, 5.74) is -0.290. The smallest absolute Gasteiger partial charge is 0.307 e. The minimum atomic E-state index is -1.04. The number of urea groups is 2. The Bertz CT molecular complexity index is 886. The molecule has 6 heteroatoms. The molecule has 1 N–H and O–H groups in total. The maximum absolute atomic E-state index is 13.2. The van der Waals surface area contributed by atoms with Gasteiger partial charge in [-0.15, -0.1) is 0 Å². The molecule has 2 aromatic rings. The molecular formula is C21H24N4O2. The van der Waals surface area contributed by atoms with Crippen molar-refractivity contribution in [2.45, 2.75) is 31.2 Å². The van der Waals surface area contributed by atoms with Gasteiger partial charge in [-0.1, -0.05) is 60.7 Å². The van der Waals surface area contributed by atoms with Crippen molar-refractivity contribution >= 4 is 12.1 Å². The van der Waals surface area contributed by atoms with Gasteiger partial charge in [-0.3, -0.25) is 14.7 Å². The van der Waals surface area contributed by atoms with E-state index < -0.39 is 11.3 Å². The first-order valence-corrected chi connectivity index (χ1v) is 9.13. The van der Waals surface area contributed by atoms with E-state index in [4.69, 9.17) is 0 Å². The molecule has 0 bridgehead atoms. The quantitative estimate of drug-likeness (QED) is 0.910. The van der Waals surface area contributed by atoms with Crippen molar-refractivity contribution in [2.24, 2.45) is 0 Å². The molecule has 0 saturated carbocycles. The second-order valence-electron chi connectivity index (χ2n) is 7.41. The maximum atomic E-state index is 13.2. The predicted octanol–water partition coefficient (Wildman–Crippen LogP) is 3.12. The zero-order chi connectivity index (χ0) is 19.4. The van der Waals surface area contributed by atoms with Crippen LogP contribution in [0.15, 0.2) is 60.7 Å². The van der Waals surface area contributed by atoms with Crippen molar-refractivity contribution in [3.05, 3.63) is 71.8 Å². The number of benzene rings is 2. The lowest BCUT2D eigenvalue weighted by molar-refractivity contribution is -0.0350. The highest BCUT2D eigenvalue weighted by Gasteiger charge is 2.75. The zero-order valence-electron chi connectivity index (χ0n) is 16.0. The van der Waals surface area contributed by atoms with E-state index in [-0.39, 0.29) is 18.1 Å². The molecule has 0 aromatic heterocycles. The third kappa shape index (κ3) is 1.90. The lowest BCUT2D eigenvalue weighted by Crippen LogP contribution is -2.63. The summed E-state index contributed by atoms with van der Waals surface area (Å²) in [6.45, 7) is 3.95. The van der Waals surface area contributed by atoms with Crippen LogP contribution in [0.2, 0.25) is 0 Å². The summed E-state index contributed by atoms with van der Waals surface area (Å²) < 4.78 is 0. The van der Waals surface area contributed by atoms with Crippen molar-refractivity contribution in [1.29, 1.82) is 0 Å². The third-order valence-corrected chi connectivity index (χ3v) is 5.81. The van der Waals surface area contributed by atoms with Crippen LogP contribution in [0.4, 0.5) is 9.59 Å². The fraction of sp³-hybridized carbons (Fsp3) is 0.333. The Labute approximate surface area is 159 Å². The van der Waals surface area contributed by atoms with Crippen molar-refractivity contribution in [2.75, 3.05) is 14.1 Å². The monoisotopic (exact) mass is 364 g/mol. The number of carbonyl (C=O) groups excluding carboxylic acids is 2. The van der Waals surface area contributed by atoms with Crippen LogP contribution in [0.3, 0.4) is 0 Å². The average molecular weight is 364 g/mol. The van der Waals surface area contributed by atoms with E-state index in [1.54, 1.807) is 28.8 Å². The van der Waals surface area contributed by atoms with Gasteiger partial charge in [-0.25, -0.2) is 9.59 Å². The van der Waals surface area contributed by atoms with E-state index in [0.29, 0.717) is 0 Å². The number of nitrogens with one attached hydrogen (secondary N) is 1. The van der Waals surface area contributed by atoms with Gasteiger partial charge in [0.1, 0.15) is 0 Å². The molecule has 4 amide bonds. The molecule has 0 unspecified atom stereocenters. The Kier molecular flexibility index (Phi) is 3.70. The van der Waals surface area contributed by atoms with E-state index in [1.807, 2.05) is 74.5 Å². The number of carbonyl (C=O) groups is 2. The molecule has 27 heavy (non-hydrogen) atoms. The van der Waals surface area contributed by atoms with Gasteiger partial charge in [-0.05, 0) is 13.8 Å². The highest BCUT2D eigenvalue weighted by Crippen LogP contribution is 2.57. The van der Waals surface area contributed by atoms with E-state index >= 15 is 0 Å². The molecule has 0 radical (unpaired) electrons. The third-order valence-electron chi connectivity index (χ3n) is 5.81. The van der Waals surface area contributed by atoms with Crippen LogP contribution in [0.25, 0.3) is 0 Å². The Hall–Kier alpha value is -3.02. The number of rotatable bonds is 3. The van der Waals surface area contributed by atoms with Gasteiger partial charge in [0.15, 0.2) is 11.3 Å². The normalized spacial score (nSPS) is 27.4. The summed E-state index contributed by atoms with van der Waals surface area (Å²) in [5.74, 6) is 0. The van der Waals surface area contributed by atoms with Crippen molar-refractivity contribution in [1.82, 2.24) is 20.0 Å². The predicted molar refractivity (Wildman–Crippen MR) is 103 cm³/mol. The zero-order valence-corrected chi connectivity index (χ0v) is 16.0. The lowest BCUT2D eigenvalue weighted by Gasteiger charge is -2.48. The summed E-state index contributed by atoms with van der Waals surface area (Å²) in [6, 6.07) is 19.1. The molecule has 0 spiro atoms. The molecule has 4 rings (SSSR count). The second kappa shape index (κ2) is 5.74. The lowest BCUT2D eigenvalue weighted by atomic mass is 9.80. The number of hydrogen-bond acceptors (Lipinski definition) is 2. The van der Waals surface area contributed by atoms with Gasteiger partial charge in [-0.2, -0.15) is 0 Å². The number of amides is 4. The van der Waals surface area contributed by atoms with Crippen molar-refractivity contribution in [3.8, 4) is 0 Å². The minimum Gasteiger partial charge on any atom is -0.307 e. The summed E-state index contributed by atoms with van der Waals surface area (Å²) in [6.07, 6.45) is 0. The van der Waals surface area contributed by atoms with Crippen LogP contribution in [0, 0.1) is 0 Å². The highest BCUT2D eigenvalue weighted by atomic mass is 16.2. The molecule has 2 aliphatic rings. The van der Waals surface area contributed by atoms with Gasteiger partial charge in [0.25, 0.3) is 0 Å². The first-order valence-electron chi connectivity index (χ1n) is 9.13. The Morgan fingerprint density at radius 2 is 1.33 bits per heavy atom. The van der Waals surface area contributed by atoms with E-state index in [1.165, 1.54) is 0 Å². The summed E-state index contributed by atoms with van der Waals surface area (Å²) in [4.78, 5) is 31.6. The fourth-order valence-corrected chi connectivity index (χ4v) is 4.82. The molecule has 2 heterocycles. The number of hydrogen-bond donors (Lipinski definition) is 1. The highest BCUT2D eigenvalue weighted by molar-refractivity contribution is 5.89. The molecule has 2 aromatic carbocycles. The summed E-state index contributed by atoms with van der Waals surface area (Å²) in [5, 5.41) is 3.18. The van der Waals surface area contributed by atoms with Gasteiger partial charge in [0, 0.05) is 31.3 Å². The first-order chi connectivity index (χ1) is 12.9. The van der Waals surface area contributed by atoms with Crippen molar-refractivity contribution in [3.63, 3.8) is 0 Å². The second-order valence-corrected chi connectivity index (χ2v) is 7.41. The van der Waals surface area contributed by atoms with Gasteiger partial charge < -0.3 is 5.32 Å². The SMILES string of the molecule is CC(C)N1C(=O)N[C@@]2(c3ccccc3)N(C)C(=O)N(C)[C@]12c1ccccc1. The fourth-order valence-electron chi connectivity index (χ4n) is 4.82. The largest absolute Gasteiger partial charge is 0.324 e. The van der Waals surface area contributed by atoms with E-state index in [9.17, 15) is 9.59 Å². The number of fused-ring (bicyclic) bond motifs is 1. The minimum absolute atomic E-state index is 0.113. The van der Waals surface area contributed by atoms with Gasteiger partial charge >= 0.3 is 12.1 Å². The number of likely N-dealkylation sites (N-methyl/N-ethyl adjacent to an activating group) is 2. The van der Waals surface area contributed by atoms with Crippen LogP contribution >= 0.6 is 0 Å². The number of nitrogens with zero attached hydrogens (tertiary/aromatic N) is 3. The summed E-state index contributed by atoms with van der Waals surface area (Å²) >= 11 is 0. The van der Waals surface area contributed by atoms with E-state index in [2.05, 4.69) is 5.32 Å². The Morgan fingerprint density at radius 3 is 1.85 bits per heavy atom. The molecule has 0 aliphatic carbocycles. The molecule has 140 valence electrons. The van der Waals surface area contributed by atoms with Crippen molar-refractivity contribution < 1.29 is 9.59 Å². The van der Waals surface area contributed by atoms with Crippen LogP contribution in [0.1, 0.15) is 25.0 Å².